The molecular formula is C16H13ClN2O2. The van der Waals surface area contributed by atoms with Crippen LogP contribution in [0.5, 0.6) is 5.75 Å². The van der Waals surface area contributed by atoms with Crippen LogP contribution in [-0.2, 0) is 5.88 Å². The Balaban J connectivity index is 2.33. The molecular weight excluding hydrogens is 288 g/mol. The number of nitriles is 1. The number of benzene rings is 2. The lowest BCUT2D eigenvalue weighted by Crippen LogP contribution is -2.14. The lowest BCUT2D eigenvalue weighted by atomic mass is 10.1. The second-order valence-electron chi connectivity index (χ2n) is 4.28. The molecule has 0 aliphatic carbocycles. The molecule has 5 heteroatoms. The van der Waals surface area contributed by atoms with E-state index >= 15 is 0 Å². The molecule has 1 amide bonds. The highest BCUT2D eigenvalue weighted by Crippen LogP contribution is 2.28. The van der Waals surface area contributed by atoms with Crippen molar-refractivity contribution in [2.45, 2.75) is 5.88 Å². The van der Waals surface area contributed by atoms with E-state index in [2.05, 4.69) is 5.32 Å². The SMILES string of the molecule is COc1cccc(C#N)c1NC(=O)c1cccc(CCl)c1. The minimum Gasteiger partial charge on any atom is -0.495 e. The van der Waals surface area contributed by atoms with E-state index in [0.717, 1.165) is 5.56 Å². The van der Waals surface area contributed by atoms with Crippen LogP contribution in [-0.4, -0.2) is 13.0 Å². The van der Waals surface area contributed by atoms with Crippen molar-refractivity contribution in [3.63, 3.8) is 0 Å². The number of nitrogens with one attached hydrogen (secondary N) is 1. The van der Waals surface area contributed by atoms with Crippen LogP contribution < -0.4 is 10.1 Å². The fraction of sp³-hybridized carbons (Fsp3) is 0.125. The van der Waals surface area contributed by atoms with Crippen molar-refractivity contribution < 1.29 is 9.53 Å². The predicted octanol–water partition coefficient (Wildman–Crippen LogP) is 3.56. The van der Waals surface area contributed by atoms with Crippen LogP contribution in [0.25, 0.3) is 0 Å². The minimum absolute atomic E-state index is 0.317. The van der Waals surface area contributed by atoms with Crippen molar-refractivity contribution >= 4 is 23.2 Å². The lowest BCUT2D eigenvalue weighted by Gasteiger charge is -2.12. The lowest BCUT2D eigenvalue weighted by molar-refractivity contribution is 0.102. The zero-order valence-corrected chi connectivity index (χ0v) is 12.1. The Morgan fingerprint density at radius 2 is 2.10 bits per heavy atom. The summed E-state index contributed by atoms with van der Waals surface area (Å²) in [5.74, 6) is 0.457. The summed E-state index contributed by atoms with van der Waals surface area (Å²) >= 11 is 5.76. The van der Waals surface area contributed by atoms with Gasteiger partial charge < -0.3 is 10.1 Å². The summed E-state index contributed by atoms with van der Waals surface area (Å²) < 4.78 is 5.18. The molecule has 2 aromatic carbocycles. The molecule has 0 unspecified atom stereocenters. The number of rotatable bonds is 4. The van der Waals surface area contributed by atoms with Gasteiger partial charge in [0, 0.05) is 11.4 Å². The Morgan fingerprint density at radius 3 is 2.76 bits per heavy atom. The molecule has 2 rings (SSSR count). The first-order valence-electron chi connectivity index (χ1n) is 6.23. The van der Waals surface area contributed by atoms with Gasteiger partial charge in [-0.05, 0) is 29.8 Å². The van der Waals surface area contributed by atoms with Gasteiger partial charge in [0.1, 0.15) is 17.5 Å². The number of methoxy groups -OCH3 is 1. The summed E-state index contributed by atoms with van der Waals surface area (Å²) in [5, 5.41) is 11.8. The number of nitrogens with zero attached hydrogens (tertiary/aromatic N) is 1. The van der Waals surface area contributed by atoms with Gasteiger partial charge in [0.15, 0.2) is 0 Å². The van der Waals surface area contributed by atoms with E-state index in [0.29, 0.717) is 28.4 Å². The average Bonchev–Trinajstić information content (AvgIpc) is 2.54. The highest BCUT2D eigenvalue weighted by molar-refractivity contribution is 6.17. The largest absolute Gasteiger partial charge is 0.495 e. The monoisotopic (exact) mass is 300 g/mol. The molecule has 0 heterocycles. The van der Waals surface area contributed by atoms with E-state index in [1.54, 1.807) is 36.4 Å². The second-order valence-corrected chi connectivity index (χ2v) is 4.55. The first kappa shape index (κ1) is 14.9. The topological polar surface area (TPSA) is 62.1 Å². The van der Waals surface area contributed by atoms with E-state index in [-0.39, 0.29) is 5.91 Å². The second kappa shape index (κ2) is 6.78. The van der Waals surface area contributed by atoms with Gasteiger partial charge >= 0.3 is 0 Å². The quantitative estimate of drug-likeness (QED) is 0.878. The van der Waals surface area contributed by atoms with Crippen LogP contribution in [0.2, 0.25) is 0 Å². The molecule has 0 aliphatic heterocycles. The number of hydrogen-bond donors (Lipinski definition) is 1. The Hall–Kier alpha value is -2.51. The standard InChI is InChI=1S/C16H13ClN2O2/c1-21-14-7-3-6-13(10-18)15(14)19-16(20)12-5-2-4-11(8-12)9-17/h2-8H,9H2,1H3,(H,19,20). The summed E-state index contributed by atoms with van der Waals surface area (Å²) in [4.78, 5) is 12.3. The van der Waals surface area contributed by atoms with E-state index in [1.165, 1.54) is 7.11 Å². The molecule has 2 aromatic rings. The maximum atomic E-state index is 12.3. The molecule has 106 valence electrons. The van der Waals surface area contributed by atoms with Gasteiger partial charge in [-0.1, -0.05) is 18.2 Å². The van der Waals surface area contributed by atoms with E-state index in [4.69, 9.17) is 21.6 Å². The number of carbonyl (C=O) groups is 1. The van der Waals surface area contributed by atoms with Gasteiger partial charge in [0.2, 0.25) is 0 Å². The first-order chi connectivity index (χ1) is 10.2. The molecule has 0 radical (unpaired) electrons. The summed E-state index contributed by atoms with van der Waals surface area (Å²) in [5.41, 5.74) is 2.03. The first-order valence-corrected chi connectivity index (χ1v) is 6.76. The zero-order valence-electron chi connectivity index (χ0n) is 11.4. The third-order valence-corrected chi connectivity index (χ3v) is 3.26. The molecule has 0 aliphatic rings. The molecule has 0 saturated carbocycles. The number of ether oxygens (including phenoxy) is 1. The number of hydrogen-bond acceptors (Lipinski definition) is 3. The van der Waals surface area contributed by atoms with Crippen LogP contribution in [0.15, 0.2) is 42.5 Å². The molecule has 0 fully saturated rings. The number of carbonyl (C=O) groups excluding carboxylic acids is 1. The van der Waals surface area contributed by atoms with Gasteiger partial charge in [0.05, 0.1) is 12.7 Å². The highest BCUT2D eigenvalue weighted by Gasteiger charge is 2.13. The maximum absolute atomic E-state index is 12.3. The predicted molar refractivity (Wildman–Crippen MR) is 81.7 cm³/mol. The van der Waals surface area contributed by atoms with Crippen molar-refractivity contribution in [2.24, 2.45) is 0 Å². The summed E-state index contributed by atoms with van der Waals surface area (Å²) in [6, 6.07) is 14.0. The smallest absolute Gasteiger partial charge is 0.255 e. The van der Waals surface area contributed by atoms with Gasteiger partial charge in [-0.2, -0.15) is 5.26 Å². The Kier molecular flexibility index (Phi) is 4.81. The fourth-order valence-electron chi connectivity index (χ4n) is 1.90. The van der Waals surface area contributed by atoms with Crippen LogP contribution in [0.1, 0.15) is 21.5 Å². The highest BCUT2D eigenvalue weighted by atomic mass is 35.5. The van der Waals surface area contributed by atoms with Crippen molar-refractivity contribution in [1.82, 2.24) is 0 Å². The normalized spacial score (nSPS) is 9.76. The minimum atomic E-state index is -0.317. The Labute approximate surface area is 127 Å². The van der Waals surface area contributed by atoms with Crippen molar-refractivity contribution in [1.29, 1.82) is 5.26 Å². The number of amides is 1. The summed E-state index contributed by atoms with van der Waals surface area (Å²) in [6.45, 7) is 0. The van der Waals surface area contributed by atoms with Crippen LogP contribution in [0.4, 0.5) is 5.69 Å². The van der Waals surface area contributed by atoms with Crippen molar-refractivity contribution in [2.75, 3.05) is 12.4 Å². The molecule has 21 heavy (non-hydrogen) atoms. The Bertz CT molecular complexity index is 708. The number of anilines is 1. The summed E-state index contributed by atoms with van der Waals surface area (Å²) in [6.07, 6.45) is 0. The van der Waals surface area contributed by atoms with Gasteiger partial charge in [0.25, 0.3) is 5.91 Å². The molecule has 0 aromatic heterocycles. The molecule has 0 atom stereocenters. The molecule has 4 nitrogen and oxygen atoms in total. The zero-order chi connectivity index (χ0) is 15.2. The van der Waals surface area contributed by atoms with E-state index in [9.17, 15) is 4.79 Å². The van der Waals surface area contributed by atoms with Gasteiger partial charge in [-0.15, -0.1) is 11.6 Å². The molecule has 0 saturated heterocycles. The van der Waals surface area contributed by atoms with E-state index < -0.39 is 0 Å². The van der Waals surface area contributed by atoms with Crippen molar-refractivity contribution in [3.8, 4) is 11.8 Å². The fourth-order valence-corrected chi connectivity index (χ4v) is 2.07. The van der Waals surface area contributed by atoms with Crippen LogP contribution in [0, 0.1) is 11.3 Å². The number of alkyl halides is 1. The third kappa shape index (κ3) is 3.33. The number of halogens is 1. The molecule has 0 spiro atoms. The maximum Gasteiger partial charge on any atom is 0.255 e. The van der Waals surface area contributed by atoms with Gasteiger partial charge in [-0.25, -0.2) is 0 Å². The van der Waals surface area contributed by atoms with E-state index in [1.807, 2.05) is 12.1 Å². The number of para-hydroxylation sites is 1. The molecule has 1 N–H and O–H groups in total. The van der Waals surface area contributed by atoms with Crippen LogP contribution >= 0.6 is 11.6 Å². The van der Waals surface area contributed by atoms with Gasteiger partial charge in [-0.3, -0.25) is 4.79 Å². The third-order valence-electron chi connectivity index (χ3n) is 2.95. The molecule has 0 bridgehead atoms. The Morgan fingerprint density at radius 1 is 1.33 bits per heavy atom. The van der Waals surface area contributed by atoms with Crippen LogP contribution in [0.3, 0.4) is 0 Å². The van der Waals surface area contributed by atoms with Crippen molar-refractivity contribution in [3.05, 3.63) is 59.2 Å². The summed E-state index contributed by atoms with van der Waals surface area (Å²) in [7, 11) is 1.49. The average molecular weight is 301 g/mol.